The Morgan fingerprint density at radius 3 is 2.63 bits per heavy atom. The predicted octanol–water partition coefficient (Wildman–Crippen LogP) is 5.62. The van der Waals surface area contributed by atoms with Gasteiger partial charge in [0.25, 0.3) is 5.91 Å². The highest BCUT2D eigenvalue weighted by molar-refractivity contribution is 6.35. The summed E-state index contributed by atoms with van der Waals surface area (Å²) in [7, 11) is 0. The highest BCUT2D eigenvalue weighted by Crippen LogP contribution is 2.25. The lowest BCUT2D eigenvalue weighted by Gasteiger charge is -2.08. The molecule has 4 aromatic rings. The van der Waals surface area contributed by atoms with Crippen LogP contribution < -0.4 is 5.32 Å². The van der Waals surface area contributed by atoms with Crippen molar-refractivity contribution in [3.8, 4) is 0 Å². The third-order valence-corrected chi connectivity index (χ3v) is 5.50. The van der Waals surface area contributed by atoms with Gasteiger partial charge in [-0.3, -0.25) is 9.78 Å². The summed E-state index contributed by atoms with van der Waals surface area (Å²) >= 11 is 11.9. The van der Waals surface area contributed by atoms with E-state index in [9.17, 15) is 9.18 Å². The van der Waals surface area contributed by atoms with E-state index in [-0.39, 0.29) is 12.5 Å². The van der Waals surface area contributed by atoms with Gasteiger partial charge in [-0.1, -0.05) is 35.9 Å². The van der Waals surface area contributed by atoms with Crippen LogP contribution in [0.4, 0.5) is 4.39 Å². The molecule has 0 bridgehead atoms. The smallest absolute Gasteiger partial charge is 0.251 e. The van der Waals surface area contributed by atoms with Gasteiger partial charge in [-0.2, -0.15) is 0 Å². The van der Waals surface area contributed by atoms with Gasteiger partial charge in [-0.15, -0.1) is 11.6 Å². The van der Waals surface area contributed by atoms with Gasteiger partial charge in [-0.05, 0) is 35.4 Å². The SMILES string of the molecule is O=C(NCc1cc2c(Cl)c[nH]c2cc1F)c1ccnc(Cc2ccc(CCl)cc2)c1. The van der Waals surface area contributed by atoms with Crippen molar-refractivity contribution in [2.75, 3.05) is 0 Å². The molecule has 0 aliphatic carbocycles. The second kappa shape index (κ2) is 8.86. The number of carbonyl (C=O) groups excluding carboxylic acids is 1. The molecular weight excluding hydrogens is 424 g/mol. The van der Waals surface area contributed by atoms with E-state index in [1.807, 2.05) is 24.3 Å². The zero-order valence-corrected chi connectivity index (χ0v) is 17.4. The molecule has 0 aliphatic rings. The van der Waals surface area contributed by atoms with Crippen molar-refractivity contribution in [2.24, 2.45) is 0 Å². The summed E-state index contributed by atoms with van der Waals surface area (Å²) in [5.41, 5.74) is 4.35. The summed E-state index contributed by atoms with van der Waals surface area (Å²) in [6, 6.07) is 14.3. The molecule has 0 saturated heterocycles. The average molecular weight is 442 g/mol. The summed E-state index contributed by atoms with van der Waals surface area (Å²) < 4.78 is 14.3. The summed E-state index contributed by atoms with van der Waals surface area (Å²) in [6.07, 6.45) is 3.81. The summed E-state index contributed by atoms with van der Waals surface area (Å²) in [5, 5.41) is 3.99. The van der Waals surface area contributed by atoms with E-state index in [0.717, 1.165) is 16.8 Å². The fourth-order valence-electron chi connectivity index (χ4n) is 3.24. The van der Waals surface area contributed by atoms with E-state index in [2.05, 4.69) is 15.3 Å². The molecule has 0 spiro atoms. The predicted molar refractivity (Wildman–Crippen MR) is 117 cm³/mol. The number of H-pyrrole nitrogens is 1. The Bertz CT molecular complexity index is 1210. The van der Waals surface area contributed by atoms with E-state index < -0.39 is 5.82 Å². The first-order valence-corrected chi connectivity index (χ1v) is 10.3. The molecule has 152 valence electrons. The van der Waals surface area contributed by atoms with Crippen LogP contribution in [0.15, 0.2) is 60.9 Å². The first-order chi connectivity index (χ1) is 14.5. The molecule has 2 N–H and O–H groups in total. The van der Waals surface area contributed by atoms with Crippen LogP contribution in [0.5, 0.6) is 0 Å². The molecule has 4 rings (SSSR count). The second-order valence-electron chi connectivity index (χ2n) is 6.97. The van der Waals surface area contributed by atoms with Crippen LogP contribution in [-0.2, 0) is 18.8 Å². The number of hydrogen-bond donors (Lipinski definition) is 2. The molecule has 0 saturated carbocycles. The topological polar surface area (TPSA) is 57.8 Å². The number of halogens is 3. The molecule has 0 fully saturated rings. The number of benzene rings is 2. The number of fused-ring (bicyclic) bond motifs is 1. The summed E-state index contributed by atoms with van der Waals surface area (Å²) in [5.74, 6) is -0.231. The molecule has 0 unspecified atom stereocenters. The maximum absolute atomic E-state index is 14.3. The zero-order chi connectivity index (χ0) is 21.1. The van der Waals surface area contributed by atoms with Crippen LogP contribution in [0.3, 0.4) is 0 Å². The van der Waals surface area contributed by atoms with E-state index in [1.165, 1.54) is 6.07 Å². The van der Waals surface area contributed by atoms with Crippen molar-refractivity contribution in [1.82, 2.24) is 15.3 Å². The van der Waals surface area contributed by atoms with Gasteiger partial charge in [0, 0.05) is 59.0 Å². The number of hydrogen-bond acceptors (Lipinski definition) is 2. The number of nitrogens with zero attached hydrogens (tertiary/aromatic N) is 1. The minimum atomic E-state index is -0.405. The lowest BCUT2D eigenvalue weighted by Crippen LogP contribution is -2.23. The van der Waals surface area contributed by atoms with Crippen molar-refractivity contribution in [3.05, 3.63) is 99.7 Å². The van der Waals surface area contributed by atoms with Crippen LogP contribution in [0.2, 0.25) is 5.02 Å². The molecule has 2 aromatic heterocycles. The van der Waals surface area contributed by atoms with Gasteiger partial charge in [0.1, 0.15) is 5.82 Å². The zero-order valence-electron chi connectivity index (χ0n) is 15.9. The fraction of sp³-hybridized carbons (Fsp3) is 0.130. The number of carbonyl (C=O) groups is 1. The Kier molecular flexibility index (Phi) is 6.02. The molecule has 2 heterocycles. The first kappa shape index (κ1) is 20.4. The van der Waals surface area contributed by atoms with Gasteiger partial charge in [0.15, 0.2) is 0 Å². The molecule has 30 heavy (non-hydrogen) atoms. The average Bonchev–Trinajstić information content (AvgIpc) is 3.12. The van der Waals surface area contributed by atoms with Crippen LogP contribution in [0.1, 0.15) is 32.7 Å². The highest BCUT2D eigenvalue weighted by atomic mass is 35.5. The molecule has 2 aromatic carbocycles. The monoisotopic (exact) mass is 441 g/mol. The van der Waals surface area contributed by atoms with Crippen LogP contribution in [0, 0.1) is 5.82 Å². The van der Waals surface area contributed by atoms with Crippen molar-refractivity contribution in [2.45, 2.75) is 18.8 Å². The van der Waals surface area contributed by atoms with Gasteiger partial charge in [0.05, 0.1) is 5.02 Å². The Morgan fingerprint density at radius 1 is 1.10 bits per heavy atom. The molecule has 4 nitrogen and oxygen atoms in total. The molecule has 0 aliphatic heterocycles. The fourth-order valence-corrected chi connectivity index (χ4v) is 3.63. The lowest BCUT2D eigenvalue weighted by molar-refractivity contribution is 0.0950. The summed E-state index contributed by atoms with van der Waals surface area (Å²) in [4.78, 5) is 19.8. The quantitative estimate of drug-likeness (QED) is 0.381. The van der Waals surface area contributed by atoms with Gasteiger partial charge in [-0.25, -0.2) is 4.39 Å². The number of amides is 1. The standard InChI is InChI=1S/C23H18Cl2FN3O/c24-11-15-3-1-14(2-4-15)7-18-8-16(5-6-27-18)23(30)29-12-17-9-19-20(25)13-28-22(19)10-21(17)26/h1-6,8-10,13,28H,7,11-12H2,(H,29,30). The van der Waals surface area contributed by atoms with Crippen LogP contribution in [0.25, 0.3) is 10.9 Å². The van der Waals surface area contributed by atoms with Gasteiger partial charge < -0.3 is 10.3 Å². The number of aromatic nitrogens is 2. The maximum Gasteiger partial charge on any atom is 0.251 e. The number of nitrogens with one attached hydrogen (secondary N) is 2. The number of pyridine rings is 1. The van der Waals surface area contributed by atoms with Crippen molar-refractivity contribution in [3.63, 3.8) is 0 Å². The van der Waals surface area contributed by atoms with E-state index >= 15 is 0 Å². The largest absolute Gasteiger partial charge is 0.360 e. The Labute approximate surface area is 183 Å². The van der Waals surface area contributed by atoms with Crippen molar-refractivity contribution in [1.29, 1.82) is 0 Å². The van der Waals surface area contributed by atoms with E-state index in [1.54, 1.807) is 30.6 Å². The van der Waals surface area contributed by atoms with E-state index in [4.69, 9.17) is 23.2 Å². The normalized spacial score (nSPS) is 11.0. The number of aromatic amines is 1. The van der Waals surface area contributed by atoms with E-state index in [0.29, 0.717) is 39.4 Å². The lowest BCUT2D eigenvalue weighted by atomic mass is 10.1. The highest BCUT2D eigenvalue weighted by Gasteiger charge is 2.12. The molecule has 1 amide bonds. The minimum absolute atomic E-state index is 0.0552. The second-order valence-corrected chi connectivity index (χ2v) is 7.65. The van der Waals surface area contributed by atoms with Crippen LogP contribution >= 0.6 is 23.2 Å². The van der Waals surface area contributed by atoms with Crippen molar-refractivity contribution >= 4 is 40.0 Å². The number of rotatable bonds is 6. The first-order valence-electron chi connectivity index (χ1n) is 9.35. The Morgan fingerprint density at radius 2 is 1.87 bits per heavy atom. The third-order valence-electron chi connectivity index (χ3n) is 4.88. The Balaban J connectivity index is 1.45. The molecule has 0 atom stereocenters. The Hall–Kier alpha value is -2.89. The molecule has 7 heteroatoms. The number of alkyl halides is 1. The molecular formula is C23H18Cl2FN3O. The third kappa shape index (κ3) is 4.48. The van der Waals surface area contributed by atoms with Crippen LogP contribution in [-0.4, -0.2) is 15.9 Å². The maximum atomic E-state index is 14.3. The summed E-state index contributed by atoms with van der Waals surface area (Å²) in [6.45, 7) is 0.0552. The minimum Gasteiger partial charge on any atom is -0.360 e. The van der Waals surface area contributed by atoms with Gasteiger partial charge in [0.2, 0.25) is 0 Å². The van der Waals surface area contributed by atoms with Crippen molar-refractivity contribution < 1.29 is 9.18 Å². The van der Waals surface area contributed by atoms with Gasteiger partial charge >= 0.3 is 0 Å². The molecule has 0 radical (unpaired) electrons.